The summed E-state index contributed by atoms with van der Waals surface area (Å²) in [5.41, 5.74) is 0.896. The molecule has 5 heteroatoms. The number of hydrogen-bond donors (Lipinski definition) is 1. The van der Waals surface area contributed by atoms with Crippen molar-refractivity contribution < 1.29 is 4.55 Å². The highest BCUT2D eigenvalue weighted by Gasteiger charge is 2.25. The van der Waals surface area contributed by atoms with Crippen LogP contribution in [0.1, 0.15) is 32.3 Å². The Labute approximate surface area is 87.2 Å². The van der Waals surface area contributed by atoms with Crippen molar-refractivity contribution in [3.05, 3.63) is 17.7 Å². The van der Waals surface area contributed by atoms with E-state index in [0.717, 1.165) is 5.69 Å². The summed E-state index contributed by atoms with van der Waals surface area (Å²) in [6, 6.07) is 0. The maximum Gasteiger partial charge on any atom is 0.153 e. The van der Waals surface area contributed by atoms with Gasteiger partial charge >= 0.3 is 0 Å². The van der Waals surface area contributed by atoms with Gasteiger partial charge in [0.15, 0.2) is 5.82 Å². The van der Waals surface area contributed by atoms with E-state index in [0.29, 0.717) is 5.82 Å². The van der Waals surface area contributed by atoms with E-state index < -0.39 is 11.4 Å². The molecule has 1 unspecified atom stereocenters. The Morgan fingerprint density at radius 3 is 2.64 bits per heavy atom. The lowest BCUT2D eigenvalue weighted by atomic mass is 10.3. The van der Waals surface area contributed by atoms with Gasteiger partial charge in [0.25, 0.3) is 0 Å². The van der Waals surface area contributed by atoms with Crippen LogP contribution in [-0.2, 0) is 11.4 Å². The summed E-state index contributed by atoms with van der Waals surface area (Å²) in [6.45, 7) is 7.53. The standard InChI is InChI=1S/C9H15N3OS/c1-7-5-10-8(12-7)6-11-14(13)9(2,3)4/h5-6H,1-4H3,(H,10,12)/b11-6+. The van der Waals surface area contributed by atoms with Crippen LogP contribution in [0.2, 0.25) is 0 Å². The Morgan fingerprint density at radius 1 is 1.57 bits per heavy atom. The highest BCUT2D eigenvalue weighted by atomic mass is 32.2. The number of H-pyrrole nitrogens is 1. The Kier molecular flexibility index (Phi) is 3.34. The highest BCUT2D eigenvalue weighted by Crippen LogP contribution is 2.16. The molecule has 0 aliphatic rings. The molecular weight excluding hydrogens is 198 g/mol. The molecule has 0 bridgehead atoms. The minimum absolute atomic E-state index is 0.321. The number of imidazole rings is 1. The van der Waals surface area contributed by atoms with Crippen LogP contribution in [0.5, 0.6) is 0 Å². The van der Waals surface area contributed by atoms with Gasteiger partial charge in [-0.1, -0.05) is 4.40 Å². The number of aromatic nitrogens is 2. The van der Waals surface area contributed by atoms with E-state index in [1.807, 2.05) is 27.7 Å². The SMILES string of the molecule is Cc1c[nH]c(/C=N/[S+]([O-])C(C)(C)C)n1. The molecule has 0 saturated heterocycles. The van der Waals surface area contributed by atoms with Crippen LogP contribution in [0.25, 0.3) is 0 Å². The minimum atomic E-state index is -1.22. The molecule has 4 nitrogen and oxygen atoms in total. The lowest BCUT2D eigenvalue weighted by Gasteiger charge is -2.17. The van der Waals surface area contributed by atoms with E-state index in [4.69, 9.17) is 0 Å². The number of rotatable bonds is 2. The van der Waals surface area contributed by atoms with Crippen LogP contribution in [0.4, 0.5) is 0 Å². The number of aryl methyl sites for hydroxylation is 1. The average molecular weight is 213 g/mol. The second-order valence-corrected chi connectivity index (χ2v) is 5.96. The molecule has 1 aromatic rings. The van der Waals surface area contributed by atoms with Gasteiger partial charge < -0.3 is 9.54 Å². The molecule has 0 fully saturated rings. The Morgan fingerprint density at radius 2 is 2.21 bits per heavy atom. The third-order valence-corrected chi connectivity index (χ3v) is 2.86. The smallest absolute Gasteiger partial charge is 0.153 e. The van der Waals surface area contributed by atoms with Crippen molar-refractivity contribution >= 4 is 17.6 Å². The minimum Gasteiger partial charge on any atom is -0.591 e. The molecule has 78 valence electrons. The molecular formula is C9H15N3OS. The first-order chi connectivity index (χ1) is 6.39. The Bertz CT molecular complexity index is 327. The summed E-state index contributed by atoms with van der Waals surface area (Å²) in [4.78, 5) is 7.04. The summed E-state index contributed by atoms with van der Waals surface area (Å²) in [5.74, 6) is 0.639. The maximum atomic E-state index is 11.5. The molecule has 14 heavy (non-hydrogen) atoms. The van der Waals surface area contributed by atoms with Crippen molar-refractivity contribution in [2.75, 3.05) is 0 Å². The van der Waals surface area contributed by atoms with E-state index >= 15 is 0 Å². The van der Waals surface area contributed by atoms with Crippen molar-refractivity contribution in [3.63, 3.8) is 0 Å². The lowest BCUT2D eigenvalue weighted by molar-refractivity contribution is 0.561. The van der Waals surface area contributed by atoms with Gasteiger partial charge in [0.1, 0.15) is 22.3 Å². The number of nitrogens with one attached hydrogen (secondary N) is 1. The first kappa shape index (κ1) is 11.3. The summed E-state index contributed by atoms with van der Waals surface area (Å²) in [7, 11) is 0. The number of aromatic amines is 1. The van der Waals surface area contributed by atoms with Crippen LogP contribution < -0.4 is 0 Å². The van der Waals surface area contributed by atoms with Crippen molar-refractivity contribution in [2.45, 2.75) is 32.4 Å². The molecule has 0 aliphatic heterocycles. The molecule has 1 N–H and O–H groups in total. The topological polar surface area (TPSA) is 64.1 Å². The summed E-state index contributed by atoms with van der Waals surface area (Å²) >= 11 is -1.22. The second kappa shape index (κ2) is 4.14. The third-order valence-electron chi connectivity index (χ3n) is 1.52. The molecule has 0 aliphatic carbocycles. The van der Waals surface area contributed by atoms with Gasteiger partial charge in [-0.2, -0.15) is 0 Å². The van der Waals surface area contributed by atoms with Gasteiger partial charge in [-0.25, -0.2) is 4.98 Å². The monoisotopic (exact) mass is 213 g/mol. The van der Waals surface area contributed by atoms with Gasteiger partial charge in [0.05, 0.1) is 5.69 Å². The van der Waals surface area contributed by atoms with Crippen LogP contribution in [0.3, 0.4) is 0 Å². The number of nitrogens with zero attached hydrogens (tertiary/aromatic N) is 2. The van der Waals surface area contributed by atoms with E-state index in [1.165, 1.54) is 6.21 Å². The van der Waals surface area contributed by atoms with Crippen molar-refractivity contribution in [1.29, 1.82) is 0 Å². The van der Waals surface area contributed by atoms with Gasteiger partial charge in [-0.15, -0.1) is 0 Å². The molecule has 0 radical (unpaired) electrons. The fourth-order valence-corrected chi connectivity index (χ4v) is 1.27. The molecule has 0 saturated carbocycles. The van der Waals surface area contributed by atoms with Crippen LogP contribution in [0.15, 0.2) is 10.6 Å². The van der Waals surface area contributed by atoms with Crippen LogP contribution in [0, 0.1) is 6.92 Å². The normalized spacial score (nSPS) is 14.9. The molecule has 1 rings (SSSR count). The predicted octanol–water partition coefficient (Wildman–Crippen LogP) is 1.60. The largest absolute Gasteiger partial charge is 0.591 e. The molecule has 0 aromatic carbocycles. The first-order valence-electron chi connectivity index (χ1n) is 4.37. The summed E-state index contributed by atoms with van der Waals surface area (Å²) in [5, 5.41) is 0. The third kappa shape index (κ3) is 3.16. The van der Waals surface area contributed by atoms with Crippen molar-refractivity contribution in [1.82, 2.24) is 9.97 Å². The molecule has 1 heterocycles. The van der Waals surface area contributed by atoms with E-state index in [1.54, 1.807) is 6.20 Å². The lowest BCUT2D eigenvalue weighted by Crippen LogP contribution is -2.25. The predicted molar refractivity (Wildman–Crippen MR) is 58.8 cm³/mol. The van der Waals surface area contributed by atoms with Crippen LogP contribution in [-0.4, -0.2) is 25.5 Å². The Hall–Kier alpha value is -0.810. The highest BCUT2D eigenvalue weighted by molar-refractivity contribution is 7.91. The van der Waals surface area contributed by atoms with Crippen LogP contribution >= 0.6 is 0 Å². The fraction of sp³-hybridized carbons (Fsp3) is 0.556. The number of hydrogen-bond acceptors (Lipinski definition) is 3. The molecule has 0 amide bonds. The average Bonchev–Trinajstić information content (AvgIpc) is 2.45. The molecule has 0 spiro atoms. The summed E-state index contributed by atoms with van der Waals surface area (Å²) in [6.07, 6.45) is 3.29. The zero-order valence-electron chi connectivity index (χ0n) is 8.87. The van der Waals surface area contributed by atoms with E-state index in [9.17, 15) is 4.55 Å². The van der Waals surface area contributed by atoms with Gasteiger partial charge in [-0.3, -0.25) is 0 Å². The van der Waals surface area contributed by atoms with Crippen molar-refractivity contribution in [2.24, 2.45) is 4.40 Å². The van der Waals surface area contributed by atoms with E-state index in [-0.39, 0.29) is 4.75 Å². The van der Waals surface area contributed by atoms with Crippen molar-refractivity contribution in [3.8, 4) is 0 Å². The first-order valence-corrected chi connectivity index (χ1v) is 5.48. The van der Waals surface area contributed by atoms with Gasteiger partial charge in [0, 0.05) is 6.20 Å². The molecule has 1 atom stereocenters. The zero-order chi connectivity index (χ0) is 10.8. The summed E-state index contributed by atoms with van der Waals surface area (Å²) < 4.78 is 15.1. The fourth-order valence-electron chi connectivity index (χ4n) is 0.755. The van der Waals surface area contributed by atoms with Gasteiger partial charge in [-0.05, 0) is 27.7 Å². The van der Waals surface area contributed by atoms with Gasteiger partial charge in [0.2, 0.25) is 0 Å². The quantitative estimate of drug-likeness (QED) is 0.599. The molecule has 1 aromatic heterocycles. The van der Waals surface area contributed by atoms with E-state index in [2.05, 4.69) is 14.4 Å². The maximum absolute atomic E-state index is 11.5. The zero-order valence-corrected chi connectivity index (χ0v) is 9.68. The Balaban J connectivity index is 2.65. The second-order valence-electron chi connectivity index (χ2n) is 4.02.